The minimum Gasteiger partial charge on any atom is -0.493 e. The molecule has 0 bridgehead atoms. The Morgan fingerprint density at radius 2 is 1.88 bits per heavy atom. The van der Waals surface area contributed by atoms with E-state index in [-0.39, 0.29) is 0 Å². The van der Waals surface area contributed by atoms with Gasteiger partial charge in [0.15, 0.2) is 11.5 Å². The van der Waals surface area contributed by atoms with E-state index in [1.165, 1.54) is 6.08 Å². The van der Waals surface area contributed by atoms with Crippen LogP contribution in [0.3, 0.4) is 0 Å². The van der Waals surface area contributed by atoms with Crippen LogP contribution in [0.25, 0.3) is 6.08 Å². The summed E-state index contributed by atoms with van der Waals surface area (Å²) in [4.78, 5) is 10.3. The lowest BCUT2D eigenvalue weighted by Crippen LogP contribution is -1.90. The molecule has 0 saturated carbocycles. The van der Waals surface area contributed by atoms with E-state index in [9.17, 15) is 4.79 Å². The quantitative estimate of drug-likeness (QED) is 0.445. The largest absolute Gasteiger partial charge is 0.493 e. The summed E-state index contributed by atoms with van der Waals surface area (Å²) in [6.45, 7) is 1.87. The lowest BCUT2D eigenvalue weighted by molar-refractivity contribution is -0.104. The topological polar surface area (TPSA) is 35.5 Å². The zero-order valence-corrected chi connectivity index (χ0v) is 10.3. The summed E-state index contributed by atoms with van der Waals surface area (Å²) in [7, 11) is 3.20. The second-order valence-electron chi connectivity index (χ2n) is 3.49. The van der Waals surface area contributed by atoms with Gasteiger partial charge in [-0.05, 0) is 36.3 Å². The summed E-state index contributed by atoms with van der Waals surface area (Å²) in [5.74, 6) is 1.39. The van der Waals surface area contributed by atoms with Gasteiger partial charge in [0.1, 0.15) is 6.29 Å². The van der Waals surface area contributed by atoms with Crippen molar-refractivity contribution in [3.05, 3.63) is 41.5 Å². The van der Waals surface area contributed by atoms with E-state index < -0.39 is 0 Å². The molecule has 0 radical (unpaired) electrons. The Balaban J connectivity index is 2.93. The predicted octanol–water partition coefficient (Wildman–Crippen LogP) is 2.86. The summed E-state index contributed by atoms with van der Waals surface area (Å²) < 4.78 is 10.4. The van der Waals surface area contributed by atoms with Crippen LogP contribution in [0, 0.1) is 0 Å². The SMILES string of the molecule is COc1ccc(/C=C/C(C)=C/C=O)cc1OC. The Bertz CT molecular complexity index is 445. The van der Waals surface area contributed by atoms with Gasteiger partial charge in [-0.25, -0.2) is 0 Å². The summed E-state index contributed by atoms with van der Waals surface area (Å²) in [6.07, 6.45) is 6.07. The lowest BCUT2D eigenvalue weighted by atomic mass is 10.1. The molecule has 0 aliphatic carbocycles. The highest BCUT2D eigenvalue weighted by atomic mass is 16.5. The van der Waals surface area contributed by atoms with E-state index in [0.29, 0.717) is 11.5 Å². The van der Waals surface area contributed by atoms with E-state index >= 15 is 0 Å². The van der Waals surface area contributed by atoms with Gasteiger partial charge in [0.2, 0.25) is 0 Å². The smallest absolute Gasteiger partial charge is 0.161 e. The average molecular weight is 232 g/mol. The molecule has 0 spiro atoms. The Hall–Kier alpha value is -2.03. The Morgan fingerprint density at radius 1 is 1.18 bits per heavy atom. The number of carbonyl (C=O) groups excluding carboxylic acids is 1. The van der Waals surface area contributed by atoms with Gasteiger partial charge < -0.3 is 9.47 Å². The molecule has 0 saturated heterocycles. The molecule has 1 aromatic rings. The van der Waals surface area contributed by atoms with Gasteiger partial charge in [-0.15, -0.1) is 0 Å². The van der Waals surface area contributed by atoms with Crippen LogP contribution in [0.5, 0.6) is 11.5 Å². The maximum Gasteiger partial charge on any atom is 0.161 e. The molecule has 0 N–H and O–H groups in total. The number of benzene rings is 1. The third-order valence-electron chi connectivity index (χ3n) is 2.28. The van der Waals surface area contributed by atoms with Crippen LogP contribution in [0.4, 0.5) is 0 Å². The van der Waals surface area contributed by atoms with Crippen molar-refractivity contribution in [1.29, 1.82) is 0 Å². The molecule has 0 aliphatic heterocycles. The number of rotatable bonds is 5. The molecular weight excluding hydrogens is 216 g/mol. The molecule has 0 aromatic heterocycles. The van der Waals surface area contributed by atoms with Crippen molar-refractivity contribution in [1.82, 2.24) is 0 Å². The monoisotopic (exact) mass is 232 g/mol. The van der Waals surface area contributed by atoms with Gasteiger partial charge in [0, 0.05) is 0 Å². The summed E-state index contributed by atoms with van der Waals surface area (Å²) in [6, 6.07) is 5.65. The molecular formula is C14H16O3. The lowest BCUT2D eigenvalue weighted by Gasteiger charge is -2.07. The summed E-state index contributed by atoms with van der Waals surface area (Å²) >= 11 is 0. The van der Waals surface area contributed by atoms with E-state index in [2.05, 4.69) is 0 Å². The van der Waals surface area contributed by atoms with Crippen molar-refractivity contribution in [2.75, 3.05) is 14.2 Å². The van der Waals surface area contributed by atoms with Crippen LogP contribution in [0.15, 0.2) is 35.9 Å². The van der Waals surface area contributed by atoms with Gasteiger partial charge >= 0.3 is 0 Å². The number of aldehydes is 1. The van der Waals surface area contributed by atoms with Crippen LogP contribution in [0.1, 0.15) is 12.5 Å². The van der Waals surface area contributed by atoms with Gasteiger partial charge in [-0.2, -0.15) is 0 Å². The standard InChI is InChI=1S/C14H16O3/c1-11(8-9-15)4-5-12-6-7-13(16-2)14(10-12)17-3/h4-10H,1-3H3/b5-4+,11-8+. The minimum atomic E-state index is 0.687. The third kappa shape index (κ3) is 3.79. The maximum absolute atomic E-state index is 10.3. The van der Waals surface area contributed by atoms with E-state index in [1.807, 2.05) is 37.3 Å². The van der Waals surface area contributed by atoms with Crippen LogP contribution >= 0.6 is 0 Å². The molecule has 3 nitrogen and oxygen atoms in total. The number of allylic oxidation sites excluding steroid dienone is 3. The second kappa shape index (κ2) is 6.53. The molecule has 0 unspecified atom stereocenters. The molecule has 1 aromatic carbocycles. The van der Waals surface area contributed by atoms with Crippen molar-refractivity contribution in [3.63, 3.8) is 0 Å². The fraction of sp³-hybridized carbons (Fsp3) is 0.214. The zero-order chi connectivity index (χ0) is 12.7. The first-order valence-corrected chi connectivity index (χ1v) is 5.23. The Labute approximate surface area is 101 Å². The number of ether oxygens (including phenoxy) is 2. The van der Waals surface area contributed by atoms with Gasteiger partial charge in [0.05, 0.1) is 14.2 Å². The number of hydrogen-bond acceptors (Lipinski definition) is 3. The van der Waals surface area contributed by atoms with Crippen LogP contribution in [-0.4, -0.2) is 20.5 Å². The van der Waals surface area contributed by atoms with Crippen molar-refractivity contribution in [2.24, 2.45) is 0 Å². The molecule has 1 rings (SSSR count). The van der Waals surface area contributed by atoms with Gasteiger partial charge in [-0.1, -0.05) is 18.2 Å². The van der Waals surface area contributed by atoms with Crippen molar-refractivity contribution in [2.45, 2.75) is 6.92 Å². The first kappa shape index (κ1) is 13.0. The van der Waals surface area contributed by atoms with E-state index in [0.717, 1.165) is 17.4 Å². The van der Waals surface area contributed by atoms with Gasteiger partial charge in [0.25, 0.3) is 0 Å². The molecule has 0 amide bonds. The number of hydrogen-bond donors (Lipinski definition) is 0. The molecule has 17 heavy (non-hydrogen) atoms. The number of carbonyl (C=O) groups is 1. The highest BCUT2D eigenvalue weighted by Crippen LogP contribution is 2.28. The number of methoxy groups -OCH3 is 2. The highest BCUT2D eigenvalue weighted by molar-refractivity contribution is 5.68. The fourth-order valence-corrected chi connectivity index (χ4v) is 1.35. The third-order valence-corrected chi connectivity index (χ3v) is 2.28. The van der Waals surface area contributed by atoms with Crippen molar-refractivity contribution in [3.8, 4) is 11.5 Å². The van der Waals surface area contributed by atoms with Crippen LogP contribution in [-0.2, 0) is 4.79 Å². The maximum atomic E-state index is 10.3. The second-order valence-corrected chi connectivity index (χ2v) is 3.49. The van der Waals surface area contributed by atoms with Gasteiger partial charge in [-0.3, -0.25) is 4.79 Å². The average Bonchev–Trinajstić information content (AvgIpc) is 2.36. The first-order chi connectivity index (χ1) is 8.21. The van der Waals surface area contributed by atoms with Crippen molar-refractivity contribution >= 4 is 12.4 Å². The van der Waals surface area contributed by atoms with E-state index in [4.69, 9.17) is 9.47 Å². The highest BCUT2D eigenvalue weighted by Gasteiger charge is 2.02. The first-order valence-electron chi connectivity index (χ1n) is 5.23. The van der Waals surface area contributed by atoms with E-state index in [1.54, 1.807) is 14.2 Å². The van der Waals surface area contributed by atoms with Crippen LogP contribution < -0.4 is 9.47 Å². The Morgan fingerprint density at radius 3 is 2.47 bits per heavy atom. The molecule has 0 aliphatic rings. The van der Waals surface area contributed by atoms with Crippen LogP contribution in [0.2, 0.25) is 0 Å². The molecule has 0 fully saturated rings. The minimum absolute atomic E-state index is 0.687. The predicted molar refractivity (Wildman–Crippen MR) is 68.4 cm³/mol. The molecule has 0 heterocycles. The molecule has 3 heteroatoms. The normalized spacial score (nSPS) is 11.6. The van der Waals surface area contributed by atoms with Crippen molar-refractivity contribution < 1.29 is 14.3 Å². The Kier molecular flexibility index (Phi) is 5.01. The summed E-state index contributed by atoms with van der Waals surface area (Å²) in [5.41, 5.74) is 1.89. The summed E-state index contributed by atoms with van der Waals surface area (Å²) in [5, 5.41) is 0. The fourth-order valence-electron chi connectivity index (χ4n) is 1.35. The zero-order valence-electron chi connectivity index (χ0n) is 10.3. The molecule has 0 atom stereocenters. The molecule has 90 valence electrons.